The maximum Gasteiger partial charge on any atom is 0.271 e. The Hall–Kier alpha value is -3.12. The molecule has 1 amide bonds. The lowest BCUT2D eigenvalue weighted by Gasteiger charge is -2.08. The van der Waals surface area contributed by atoms with Crippen molar-refractivity contribution in [1.29, 1.82) is 0 Å². The average molecular weight is 383 g/mol. The van der Waals surface area contributed by atoms with Crippen molar-refractivity contribution in [2.24, 2.45) is 0 Å². The summed E-state index contributed by atoms with van der Waals surface area (Å²) in [4.78, 5) is 20.6. The third-order valence-corrected chi connectivity index (χ3v) is 4.35. The third-order valence-electron chi connectivity index (χ3n) is 3.94. The van der Waals surface area contributed by atoms with Gasteiger partial charge in [0.1, 0.15) is 17.3 Å². The van der Waals surface area contributed by atoms with Crippen LogP contribution in [0.3, 0.4) is 0 Å². The Morgan fingerprint density at radius 3 is 2.52 bits per heavy atom. The van der Waals surface area contributed by atoms with Gasteiger partial charge in [-0.25, -0.2) is 9.97 Å². The summed E-state index contributed by atoms with van der Waals surface area (Å²) >= 11 is 6.11. The highest BCUT2D eigenvalue weighted by Gasteiger charge is 2.08. The van der Waals surface area contributed by atoms with Gasteiger partial charge in [-0.05, 0) is 42.3 Å². The molecule has 0 saturated carbocycles. The minimum absolute atomic E-state index is 0.246. The van der Waals surface area contributed by atoms with Crippen LogP contribution in [-0.2, 0) is 6.54 Å². The number of carbonyl (C=O) groups is 1. The van der Waals surface area contributed by atoms with Crippen molar-refractivity contribution in [3.05, 3.63) is 76.7 Å². The Kier molecular flexibility index (Phi) is 5.88. The fraction of sp³-hybridized carbons (Fsp3) is 0.150. The number of hydrogen-bond donors (Lipinski definition) is 2. The van der Waals surface area contributed by atoms with Gasteiger partial charge in [-0.3, -0.25) is 4.79 Å². The number of amides is 1. The summed E-state index contributed by atoms with van der Waals surface area (Å²) < 4.78 is 5.11. The van der Waals surface area contributed by atoms with Gasteiger partial charge in [-0.2, -0.15) is 0 Å². The molecule has 27 heavy (non-hydrogen) atoms. The van der Waals surface area contributed by atoms with E-state index in [0.717, 1.165) is 22.6 Å². The van der Waals surface area contributed by atoms with Gasteiger partial charge in [0.2, 0.25) is 0 Å². The van der Waals surface area contributed by atoms with E-state index < -0.39 is 0 Å². The van der Waals surface area contributed by atoms with E-state index in [2.05, 4.69) is 20.6 Å². The van der Waals surface area contributed by atoms with Gasteiger partial charge in [-0.15, -0.1) is 0 Å². The molecule has 0 radical (unpaired) electrons. The maximum atomic E-state index is 12.2. The fourth-order valence-electron chi connectivity index (χ4n) is 2.34. The van der Waals surface area contributed by atoms with Crippen molar-refractivity contribution in [3.63, 3.8) is 0 Å². The number of anilines is 2. The van der Waals surface area contributed by atoms with Crippen LogP contribution in [0.2, 0.25) is 5.02 Å². The first-order valence-corrected chi connectivity index (χ1v) is 8.69. The van der Waals surface area contributed by atoms with Crippen LogP contribution in [0.4, 0.5) is 11.5 Å². The quantitative estimate of drug-likeness (QED) is 0.670. The molecule has 0 aliphatic carbocycles. The predicted octanol–water partition coefficient (Wildman–Crippen LogP) is 4.12. The molecule has 138 valence electrons. The first kappa shape index (κ1) is 18.7. The minimum Gasteiger partial charge on any atom is -0.497 e. The Bertz CT molecular complexity index is 928. The Labute approximate surface area is 162 Å². The van der Waals surface area contributed by atoms with Gasteiger partial charge >= 0.3 is 0 Å². The molecule has 0 atom stereocenters. The van der Waals surface area contributed by atoms with Crippen LogP contribution in [0.15, 0.2) is 54.9 Å². The monoisotopic (exact) mass is 382 g/mol. The van der Waals surface area contributed by atoms with E-state index in [1.54, 1.807) is 7.11 Å². The van der Waals surface area contributed by atoms with E-state index in [-0.39, 0.29) is 11.6 Å². The lowest BCUT2D eigenvalue weighted by Crippen LogP contribution is -2.24. The number of nitrogens with one attached hydrogen (secondary N) is 2. The van der Waals surface area contributed by atoms with E-state index in [9.17, 15) is 4.79 Å². The number of benzene rings is 2. The first-order chi connectivity index (χ1) is 13.0. The highest BCUT2D eigenvalue weighted by molar-refractivity contribution is 6.31. The SMILES string of the molecule is COc1ccc(CNC(=O)c2cnc(Nc3ccc(C)c(Cl)c3)cn2)cc1. The lowest BCUT2D eigenvalue weighted by atomic mass is 10.2. The summed E-state index contributed by atoms with van der Waals surface area (Å²) in [6.07, 6.45) is 2.94. The molecule has 0 fully saturated rings. The molecule has 7 heteroatoms. The van der Waals surface area contributed by atoms with Gasteiger partial charge in [-0.1, -0.05) is 29.8 Å². The number of aryl methyl sites for hydroxylation is 1. The Morgan fingerprint density at radius 2 is 1.89 bits per heavy atom. The second-order valence-corrected chi connectivity index (χ2v) is 6.31. The molecule has 0 saturated heterocycles. The van der Waals surface area contributed by atoms with Gasteiger partial charge < -0.3 is 15.4 Å². The number of rotatable bonds is 6. The van der Waals surface area contributed by atoms with E-state index >= 15 is 0 Å². The number of nitrogens with zero attached hydrogens (tertiary/aromatic N) is 2. The zero-order valence-electron chi connectivity index (χ0n) is 15.0. The number of aromatic nitrogens is 2. The molecule has 2 aromatic carbocycles. The Morgan fingerprint density at radius 1 is 1.11 bits per heavy atom. The molecule has 3 rings (SSSR count). The van der Waals surface area contributed by atoms with Crippen molar-refractivity contribution in [2.45, 2.75) is 13.5 Å². The van der Waals surface area contributed by atoms with Crippen LogP contribution in [0.25, 0.3) is 0 Å². The van der Waals surface area contributed by atoms with Gasteiger partial charge in [0.25, 0.3) is 5.91 Å². The smallest absolute Gasteiger partial charge is 0.271 e. The summed E-state index contributed by atoms with van der Waals surface area (Å²) in [5.74, 6) is 1.01. The van der Waals surface area contributed by atoms with Crippen LogP contribution >= 0.6 is 11.6 Å². The summed E-state index contributed by atoms with van der Waals surface area (Å²) in [6.45, 7) is 2.33. The standard InChI is InChI=1S/C20H19ClN4O2/c1-13-3-6-15(9-17(13)21)25-19-12-22-18(11-23-19)20(26)24-10-14-4-7-16(27-2)8-5-14/h3-9,11-12H,10H2,1-2H3,(H,23,25)(H,24,26). The molecule has 6 nitrogen and oxygen atoms in total. The summed E-state index contributed by atoms with van der Waals surface area (Å²) in [5, 5.41) is 6.59. The molecule has 1 heterocycles. The van der Waals surface area contributed by atoms with Crippen LogP contribution in [-0.4, -0.2) is 23.0 Å². The van der Waals surface area contributed by atoms with E-state index in [4.69, 9.17) is 16.3 Å². The lowest BCUT2D eigenvalue weighted by molar-refractivity contribution is 0.0945. The maximum absolute atomic E-state index is 12.2. The molecule has 0 aliphatic heterocycles. The molecule has 0 spiro atoms. The second kappa shape index (κ2) is 8.51. The van der Waals surface area contributed by atoms with Crippen LogP contribution in [0.1, 0.15) is 21.6 Å². The number of hydrogen-bond acceptors (Lipinski definition) is 5. The van der Waals surface area contributed by atoms with E-state index in [0.29, 0.717) is 17.4 Å². The minimum atomic E-state index is -0.289. The predicted molar refractivity (Wildman–Crippen MR) is 106 cm³/mol. The molecule has 0 aliphatic rings. The van der Waals surface area contributed by atoms with Gasteiger partial charge in [0.15, 0.2) is 0 Å². The molecular weight excluding hydrogens is 364 g/mol. The average Bonchev–Trinajstić information content (AvgIpc) is 2.70. The van der Waals surface area contributed by atoms with Crippen molar-refractivity contribution >= 4 is 29.0 Å². The van der Waals surface area contributed by atoms with E-state index in [1.165, 1.54) is 12.4 Å². The van der Waals surface area contributed by atoms with Gasteiger partial charge in [0.05, 0.1) is 19.5 Å². The largest absolute Gasteiger partial charge is 0.497 e. The van der Waals surface area contributed by atoms with Crippen molar-refractivity contribution in [2.75, 3.05) is 12.4 Å². The van der Waals surface area contributed by atoms with Crippen molar-refractivity contribution in [1.82, 2.24) is 15.3 Å². The summed E-state index contributed by atoms with van der Waals surface area (Å²) in [7, 11) is 1.61. The fourth-order valence-corrected chi connectivity index (χ4v) is 2.53. The summed E-state index contributed by atoms with van der Waals surface area (Å²) in [6, 6.07) is 13.1. The highest BCUT2D eigenvalue weighted by atomic mass is 35.5. The Balaban J connectivity index is 1.58. The van der Waals surface area contributed by atoms with Crippen molar-refractivity contribution < 1.29 is 9.53 Å². The molecule has 1 aromatic heterocycles. The van der Waals surface area contributed by atoms with Crippen molar-refractivity contribution in [3.8, 4) is 5.75 Å². The van der Waals surface area contributed by atoms with E-state index in [1.807, 2.05) is 49.4 Å². The summed E-state index contributed by atoms with van der Waals surface area (Å²) in [5.41, 5.74) is 3.01. The number of carbonyl (C=O) groups excluding carboxylic acids is 1. The van der Waals surface area contributed by atoms with Gasteiger partial charge in [0, 0.05) is 17.3 Å². The zero-order valence-corrected chi connectivity index (χ0v) is 15.7. The van der Waals surface area contributed by atoms with Crippen LogP contribution in [0.5, 0.6) is 5.75 Å². The zero-order chi connectivity index (χ0) is 19.2. The molecule has 0 bridgehead atoms. The number of ether oxygens (including phenoxy) is 1. The first-order valence-electron chi connectivity index (χ1n) is 8.31. The molecule has 3 aromatic rings. The highest BCUT2D eigenvalue weighted by Crippen LogP contribution is 2.22. The molecule has 2 N–H and O–H groups in total. The topological polar surface area (TPSA) is 76.1 Å². The molecular formula is C20H19ClN4O2. The second-order valence-electron chi connectivity index (χ2n) is 5.91. The third kappa shape index (κ3) is 4.95. The number of halogens is 1. The molecule has 0 unspecified atom stereocenters. The van der Waals surface area contributed by atoms with Crippen LogP contribution in [0, 0.1) is 6.92 Å². The normalized spacial score (nSPS) is 10.3. The van der Waals surface area contributed by atoms with Crippen LogP contribution < -0.4 is 15.4 Å². The number of methoxy groups -OCH3 is 1.